The van der Waals surface area contributed by atoms with E-state index in [1.54, 1.807) is 18.2 Å². The maximum atomic E-state index is 13.0. The maximum absolute atomic E-state index is 13.0. The van der Waals surface area contributed by atoms with E-state index in [-0.39, 0.29) is 30.7 Å². The number of ether oxygens (including phenoxy) is 2. The van der Waals surface area contributed by atoms with Gasteiger partial charge in [-0.1, -0.05) is 38.8 Å². The van der Waals surface area contributed by atoms with Crippen molar-refractivity contribution in [1.29, 1.82) is 0 Å². The van der Waals surface area contributed by atoms with Crippen LogP contribution < -0.4 is 0 Å². The first-order valence-electron chi connectivity index (χ1n) is 9.40. The number of esters is 2. The quantitative estimate of drug-likeness (QED) is 0.525. The predicted molar refractivity (Wildman–Crippen MR) is 99.2 cm³/mol. The summed E-state index contributed by atoms with van der Waals surface area (Å²) >= 11 is 0. The minimum atomic E-state index is -1.26. The van der Waals surface area contributed by atoms with Gasteiger partial charge >= 0.3 is 11.9 Å². The summed E-state index contributed by atoms with van der Waals surface area (Å²) in [5.41, 5.74) is -0.258. The van der Waals surface area contributed by atoms with Gasteiger partial charge < -0.3 is 14.6 Å². The first kappa shape index (κ1) is 21.1. The SMILES string of the molecule is CCCCC(CC)C(=O)OCC1(CO)C/C(=C/c2ccc(F)cc2)C(=O)O1. The van der Waals surface area contributed by atoms with Gasteiger partial charge in [-0.25, -0.2) is 9.18 Å². The average molecular weight is 378 g/mol. The number of aliphatic hydroxyl groups excluding tert-OH is 1. The minimum Gasteiger partial charge on any atom is -0.461 e. The number of hydrogen-bond acceptors (Lipinski definition) is 5. The summed E-state index contributed by atoms with van der Waals surface area (Å²) in [5, 5.41) is 9.76. The van der Waals surface area contributed by atoms with E-state index in [1.807, 2.05) is 6.92 Å². The summed E-state index contributed by atoms with van der Waals surface area (Å²) in [5.74, 6) is -1.45. The van der Waals surface area contributed by atoms with Gasteiger partial charge in [-0.3, -0.25) is 4.79 Å². The molecule has 1 aromatic rings. The Bertz CT molecular complexity index is 682. The molecular formula is C21H27FO5. The lowest BCUT2D eigenvalue weighted by Crippen LogP contribution is -2.40. The molecular weight excluding hydrogens is 351 g/mol. The topological polar surface area (TPSA) is 72.8 Å². The second-order valence-corrected chi connectivity index (χ2v) is 6.98. The van der Waals surface area contributed by atoms with E-state index in [2.05, 4.69) is 6.92 Å². The van der Waals surface area contributed by atoms with Crippen molar-refractivity contribution < 1.29 is 28.6 Å². The predicted octanol–water partition coefficient (Wildman–Crippen LogP) is 3.65. The largest absolute Gasteiger partial charge is 0.461 e. The fraction of sp³-hybridized carbons (Fsp3) is 0.524. The minimum absolute atomic E-state index is 0.124. The summed E-state index contributed by atoms with van der Waals surface area (Å²) in [6.45, 7) is 3.37. The van der Waals surface area contributed by atoms with Gasteiger partial charge in [-0.2, -0.15) is 0 Å². The number of rotatable bonds is 9. The highest BCUT2D eigenvalue weighted by atomic mass is 19.1. The molecule has 6 heteroatoms. The molecule has 1 aromatic carbocycles. The Balaban J connectivity index is 2.03. The van der Waals surface area contributed by atoms with Gasteiger partial charge in [-0.15, -0.1) is 0 Å². The van der Waals surface area contributed by atoms with Crippen molar-refractivity contribution in [3.8, 4) is 0 Å². The summed E-state index contributed by atoms with van der Waals surface area (Å²) in [6.07, 6.45) is 5.10. The van der Waals surface area contributed by atoms with Crippen LogP contribution in [0.5, 0.6) is 0 Å². The van der Waals surface area contributed by atoms with E-state index in [1.165, 1.54) is 12.1 Å². The van der Waals surface area contributed by atoms with Crippen LogP contribution in [-0.4, -0.2) is 35.9 Å². The molecule has 0 radical (unpaired) electrons. The van der Waals surface area contributed by atoms with Crippen molar-refractivity contribution in [2.45, 2.75) is 51.6 Å². The molecule has 0 spiro atoms. The Labute approximate surface area is 159 Å². The molecule has 1 aliphatic rings. The Morgan fingerprint density at radius 1 is 1.37 bits per heavy atom. The second kappa shape index (κ2) is 9.65. The average Bonchev–Trinajstić information content (AvgIpc) is 2.98. The fourth-order valence-corrected chi connectivity index (χ4v) is 3.06. The van der Waals surface area contributed by atoms with Gasteiger partial charge in [0.05, 0.1) is 12.5 Å². The van der Waals surface area contributed by atoms with Gasteiger partial charge in [0.2, 0.25) is 0 Å². The van der Waals surface area contributed by atoms with Crippen LogP contribution in [0.3, 0.4) is 0 Å². The molecule has 0 amide bonds. The highest BCUT2D eigenvalue weighted by Crippen LogP contribution is 2.32. The third-order valence-electron chi connectivity index (χ3n) is 4.79. The number of cyclic esters (lactones) is 1. The normalized spacial score (nSPS) is 21.9. The Kier molecular flexibility index (Phi) is 7.54. The summed E-state index contributed by atoms with van der Waals surface area (Å²) in [4.78, 5) is 24.5. The number of benzene rings is 1. The molecule has 0 aliphatic carbocycles. The van der Waals surface area contributed by atoms with Crippen LogP contribution in [0.15, 0.2) is 29.8 Å². The molecule has 0 saturated carbocycles. The fourth-order valence-electron chi connectivity index (χ4n) is 3.06. The van der Waals surface area contributed by atoms with Crippen LogP contribution in [-0.2, 0) is 19.1 Å². The first-order chi connectivity index (χ1) is 12.9. The van der Waals surface area contributed by atoms with Crippen molar-refractivity contribution in [1.82, 2.24) is 0 Å². The van der Waals surface area contributed by atoms with Crippen LogP contribution in [0.2, 0.25) is 0 Å². The van der Waals surface area contributed by atoms with E-state index in [4.69, 9.17) is 9.47 Å². The second-order valence-electron chi connectivity index (χ2n) is 6.98. The highest BCUT2D eigenvalue weighted by molar-refractivity contribution is 5.96. The van der Waals surface area contributed by atoms with Gasteiger partial charge in [0.15, 0.2) is 5.60 Å². The molecule has 1 N–H and O–H groups in total. The van der Waals surface area contributed by atoms with Crippen LogP contribution in [0.4, 0.5) is 4.39 Å². The number of aliphatic hydroxyl groups is 1. The number of unbranched alkanes of at least 4 members (excludes halogenated alkanes) is 1. The standard InChI is InChI=1S/C21H27FO5/c1-3-5-6-16(4-2)19(24)26-14-21(13-23)12-17(20(25)27-21)11-15-7-9-18(22)10-8-15/h7-11,16,23H,3-6,12-14H2,1-2H3/b17-11-. The molecule has 2 unspecified atom stereocenters. The molecule has 1 fully saturated rings. The molecule has 2 rings (SSSR count). The third kappa shape index (κ3) is 5.63. The number of carbonyl (C=O) groups excluding carboxylic acids is 2. The van der Waals surface area contributed by atoms with E-state index in [0.29, 0.717) is 17.6 Å². The van der Waals surface area contributed by atoms with E-state index < -0.39 is 18.2 Å². The molecule has 27 heavy (non-hydrogen) atoms. The molecule has 0 bridgehead atoms. The van der Waals surface area contributed by atoms with Crippen molar-refractivity contribution in [2.24, 2.45) is 5.92 Å². The van der Waals surface area contributed by atoms with Crippen LogP contribution in [0.25, 0.3) is 6.08 Å². The third-order valence-corrected chi connectivity index (χ3v) is 4.79. The molecule has 148 valence electrons. The van der Waals surface area contributed by atoms with Gasteiger partial charge in [0, 0.05) is 12.0 Å². The summed E-state index contributed by atoms with van der Waals surface area (Å²) in [7, 11) is 0. The van der Waals surface area contributed by atoms with Gasteiger partial charge in [-0.05, 0) is 36.6 Å². The van der Waals surface area contributed by atoms with E-state index >= 15 is 0 Å². The highest BCUT2D eigenvalue weighted by Gasteiger charge is 2.44. The van der Waals surface area contributed by atoms with Crippen molar-refractivity contribution in [2.75, 3.05) is 13.2 Å². The Morgan fingerprint density at radius 3 is 2.67 bits per heavy atom. The molecule has 5 nitrogen and oxygen atoms in total. The monoisotopic (exact) mass is 378 g/mol. The van der Waals surface area contributed by atoms with Gasteiger partial charge in [0.1, 0.15) is 12.4 Å². The summed E-state index contributed by atoms with van der Waals surface area (Å²) in [6, 6.07) is 5.70. The van der Waals surface area contributed by atoms with Crippen LogP contribution in [0.1, 0.15) is 51.5 Å². The van der Waals surface area contributed by atoms with E-state index in [0.717, 1.165) is 19.3 Å². The smallest absolute Gasteiger partial charge is 0.334 e. The zero-order valence-corrected chi connectivity index (χ0v) is 15.9. The molecule has 1 aliphatic heterocycles. The van der Waals surface area contributed by atoms with Crippen molar-refractivity contribution in [3.63, 3.8) is 0 Å². The Morgan fingerprint density at radius 2 is 2.07 bits per heavy atom. The Hall–Kier alpha value is -2.21. The molecule has 2 atom stereocenters. The lowest BCUT2D eigenvalue weighted by atomic mass is 9.97. The van der Waals surface area contributed by atoms with Crippen molar-refractivity contribution in [3.05, 3.63) is 41.2 Å². The van der Waals surface area contributed by atoms with Crippen LogP contribution in [0, 0.1) is 11.7 Å². The molecule has 1 heterocycles. The zero-order valence-electron chi connectivity index (χ0n) is 15.9. The zero-order chi connectivity index (χ0) is 19.9. The van der Waals surface area contributed by atoms with E-state index in [9.17, 15) is 19.1 Å². The molecule has 1 saturated heterocycles. The number of hydrogen-bond donors (Lipinski definition) is 1. The van der Waals surface area contributed by atoms with Crippen LogP contribution >= 0.6 is 0 Å². The lowest BCUT2D eigenvalue weighted by Gasteiger charge is -2.25. The molecule has 0 aromatic heterocycles. The maximum Gasteiger partial charge on any atom is 0.334 e. The first-order valence-corrected chi connectivity index (χ1v) is 9.40. The van der Waals surface area contributed by atoms with Gasteiger partial charge in [0.25, 0.3) is 0 Å². The summed E-state index contributed by atoms with van der Waals surface area (Å²) < 4.78 is 23.7. The number of halogens is 1. The number of carbonyl (C=O) groups is 2. The van der Waals surface area contributed by atoms with Crippen molar-refractivity contribution >= 4 is 18.0 Å². The lowest BCUT2D eigenvalue weighted by molar-refractivity contribution is -0.169.